The Morgan fingerprint density at radius 1 is 1.40 bits per heavy atom. The number of aromatic nitrogens is 2. The Morgan fingerprint density at radius 3 is 3.20 bits per heavy atom. The van der Waals surface area contributed by atoms with E-state index in [1.807, 2.05) is 18.2 Å². The van der Waals surface area contributed by atoms with Gasteiger partial charge in [0, 0.05) is 5.69 Å². The summed E-state index contributed by atoms with van der Waals surface area (Å²) < 4.78 is 4.82. The molecule has 0 spiro atoms. The van der Waals surface area contributed by atoms with Gasteiger partial charge >= 0.3 is 0 Å². The minimum atomic E-state index is 0.763. The van der Waals surface area contributed by atoms with E-state index in [0.717, 1.165) is 15.9 Å². The Bertz CT molecular complexity index is 355. The van der Waals surface area contributed by atoms with Gasteiger partial charge in [-0.05, 0) is 29.7 Å². The van der Waals surface area contributed by atoms with E-state index >= 15 is 0 Å². The number of benzene rings is 1. The van der Waals surface area contributed by atoms with Crippen LogP contribution in [-0.2, 0) is 0 Å². The summed E-state index contributed by atoms with van der Waals surface area (Å²) in [5.41, 5.74) is 7.21. The second kappa shape index (κ2) is 1.91. The molecule has 1 aromatic carbocycles. The smallest absolute Gasteiger partial charge is 0.106 e. The van der Waals surface area contributed by atoms with Crippen molar-refractivity contribution in [3.8, 4) is 0 Å². The summed E-state index contributed by atoms with van der Waals surface area (Å²) in [7, 11) is 0. The number of nitrogen functional groups attached to an aromatic ring is 1. The average Bonchev–Trinajstić information content (AvgIpc) is 2.33. The Hall–Kier alpha value is -1.16. The number of fused-ring (bicyclic) bond motifs is 1. The fourth-order valence-electron chi connectivity index (χ4n) is 0.795. The molecule has 0 amide bonds. The van der Waals surface area contributed by atoms with Crippen molar-refractivity contribution in [2.75, 3.05) is 5.73 Å². The van der Waals surface area contributed by atoms with Crippen LogP contribution in [0.2, 0.25) is 0 Å². The van der Waals surface area contributed by atoms with Gasteiger partial charge in [0.15, 0.2) is 0 Å². The molecular weight excluding hydrogens is 146 g/mol. The molecule has 2 aromatic rings. The van der Waals surface area contributed by atoms with Crippen LogP contribution < -0.4 is 5.73 Å². The fourth-order valence-corrected chi connectivity index (χ4v) is 1.40. The van der Waals surface area contributed by atoms with Gasteiger partial charge in [-0.15, -0.1) is 5.10 Å². The molecule has 0 unspecified atom stereocenters. The molecule has 0 aliphatic heterocycles. The van der Waals surface area contributed by atoms with Crippen molar-refractivity contribution < 1.29 is 0 Å². The molecule has 0 radical (unpaired) electrons. The predicted octanol–water partition coefficient (Wildman–Crippen LogP) is 1.27. The fraction of sp³-hybridized carbons (Fsp3) is 0. The lowest BCUT2D eigenvalue weighted by atomic mass is 10.3. The molecule has 0 atom stereocenters. The summed E-state index contributed by atoms with van der Waals surface area (Å²) in [6.45, 7) is 0. The number of nitrogens with zero attached hydrogens (tertiary/aromatic N) is 2. The van der Waals surface area contributed by atoms with Crippen LogP contribution in [0.3, 0.4) is 0 Å². The van der Waals surface area contributed by atoms with Crippen LogP contribution in [0, 0.1) is 0 Å². The molecular formula is C6H5N3S. The van der Waals surface area contributed by atoms with E-state index in [4.69, 9.17) is 5.73 Å². The summed E-state index contributed by atoms with van der Waals surface area (Å²) >= 11 is 1.36. The lowest BCUT2D eigenvalue weighted by Crippen LogP contribution is -1.81. The van der Waals surface area contributed by atoms with Crippen molar-refractivity contribution in [1.82, 2.24) is 9.59 Å². The number of rotatable bonds is 0. The highest BCUT2D eigenvalue weighted by Crippen LogP contribution is 2.17. The molecule has 0 bridgehead atoms. The van der Waals surface area contributed by atoms with Gasteiger partial charge in [-0.2, -0.15) is 0 Å². The molecule has 2 rings (SSSR count). The van der Waals surface area contributed by atoms with E-state index < -0.39 is 0 Å². The van der Waals surface area contributed by atoms with E-state index in [1.54, 1.807) is 0 Å². The number of hydrogen-bond acceptors (Lipinski definition) is 4. The van der Waals surface area contributed by atoms with Gasteiger partial charge in [-0.3, -0.25) is 0 Å². The monoisotopic (exact) mass is 151 g/mol. The Balaban J connectivity index is 2.86. The van der Waals surface area contributed by atoms with Gasteiger partial charge in [0.25, 0.3) is 0 Å². The first-order valence-corrected chi connectivity index (χ1v) is 3.61. The van der Waals surface area contributed by atoms with Crippen LogP contribution >= 0.6 is 11.5 Å². The van der Waals surface area contributed by atoms with E-state index in [-0.39, 0.29) is 0 Å². The first-order valence-electron chi connectivity index (χ1n) is 2.84. The van der Waals surface area contributed by atoms with Crippen molar-refractivity contribution in [2.45, 2.75) is 0 Å². The maximum absolute atomic E-state index is 5.53. The third kappa shape index (κ3) is 0.733. The van der Waals surface area contributed by atoms with Crippen molar-refractivity contribution in [3.63, 3.8) is 0 Å². The average molecular weight is 151 g/mol. The van der Waals surface area contributed by atoms with Gasteiger partial charge in [0.1, 0.15) is 5.52 Å². The normalized spacial score (nSPS) is 10.4. The minimum Gasteiger partial charge on any atom is -0.399 e. The first kappa shape index (κ1) is 5.61. The van der Waals surface area contributed by atoms with Crippen molar-refractivity contribution in [3.05, 3.63) is 18.2 Å². The van der Waals surface area contributed by atoms with Crippen LogP contribution in [0.4, 0.5) is 5.69 Å². The summed E-state index contributed by atoms with van der Waals surface area (Å²) in [5, 5.41) is 3.87. The highest BCUT2D eigenvalue weighted by atomic mass is 32.1. The summed E-state index contributed by atoms with van der Waals surface area (Å²) in [5.74, 6) is 0. The molecule has 0 aliphatic carbocycles. The number of anilines is 1. The molecule has 0 saturated heterocycles. The van der Waals surface area contributed by atoms with Crippen LogP contribution in [0.5, 0.6) is 0 Å². The topological polar surface area (TPSA) is 51.8 Å². The van der Waals surface area contributed by atoms with Crippen molar-refractivity contribution in [1.29, 1.82) is 0 Å². The first-order chi connectivity index (χ1) is 4.86. The second-order valence-electron chi connectivity index (χ2n) is 2.00. The molecule has 0 fully saturated rings. The maximum atomic E-state index is 5.53. The molecule has 4 heteroatoms. The molecule has 0 saturated carbocycles. The van der Waals surface area contributed by atoms with Crippen molar-refractivity contribution >= 4 is 27.4 Å². The van der Waals surface area contributed by atoms with E-state index in [2.05, 4.69) is 9.59 Å². The number of nitrogens with two attached hydrogens (primary N) is 1. The highest BCUT2D eigenvalue weighted by molar-refractivity contribution is 7.12. The van der Waals surface area contributed by atoms with Crippen LogP contribution in [-0.4, -0.2) is 9.59 Å². The second-order valence-corrected chi connectivity index (χ2v) is 2.79. The van der Waals surface area contributed by atoms with Crippen LogP contribution in [0.1, 0.15) is 0 Å². The highest BCUT2D eigenvalue weighted by Gasteiger charge is 1.95. The zero-order chi connectivity index (χ0) is 6.97. The van der Waals surface area contributed by atoms with Crippen LogP contribution in [0.25, 0.3) is 10.2 Å². The van der Waals surface area contributed by atoms with Crippen LogP contribution in [0.15, 0.2) is 18.2 Å². The zero-order valence-corrected chi connectivity index (χ0v) is 5.93. The Labute approximate surface area is 61.6 Å². The van der Waals surface area contributed by atoms with Gasteiger partial charge in [-0.1, -0.05) is 4.49 Å². The van der Waals surface area contributed by atoms with Crippen molar-refractivity contribution in [2.24, 2.45) is 0 Å². The molecule has 2 N–H and O–H groups in total. The van der Waals surface area contributed by atoms with Gasteiger partial charge in [-0.25, -0.2) is 0 Å². The molecule has 1 aromatic heterocycles. The third-order valence-corrected chi connectivity index (χ3v) is 1.96. The molecule has 50 valence electrons. The Morgan fingerprint density at radius 2 is 2.30 bits per heavy atom. The maximum Gasteiger partial charge on any atom is 0.106 e. The van der Waals surface area contributed by atoms with Gasteiger partial charge in [0.2, 0.25) is 0 Å². The van der Waals surface area contributed by atoms with Gasteiger partial charge in [0.05, 0.1) is 4.70 Å². The quantitative estimate of drug-likeness (QED) is 0.577. The van der Waals surface area contributed by atoms with E-state index in [1.165, 1.54) is 11.5 Å². The van der Waals surface area contributed by atoms with E-state index in [9.17, 15) is 0 Å². The van der Waals surface area contributed by atoms with E-state index in [0.29, 0.717) is 0 Å². The third-order valence-electron chi connectivity index (χ3n) is 1.27. The summed E-state index contributed by atoms with van der Waals surface area (Å²) in [4.78, 5) is 0. The van der Waals surface area contributed by atoms with Gasteiger partial charge < -0.3 is 5.73 Å². The summed E-state index contributed by atoms with van der Waals surface area (Å²) in [6, 6.07) is 5.57. The SMILES string of the molecule is Nc1ccc2nnsc2c1. The molecule has 3 nitrogen and oxygen atoms in total. The standard InChI is InChI=1S/C6H5N3S/c7-4-1-2-5-6(3-4)10-9-8-5/h1-3H,7H2. The lowest BCUT2D eigenvalue weighted by Gasteiger charge is -1.87. The predicted molar refractivity (Wildman–Crippen MR) is 41.8 cm³/mol. The minimum absolute atomic E-state index is 0.763. The largest absolute Gasteiger partial charge is 0.399 e. The zero-order valence-electron chi connectivity index (χ0n) is 5.11. The number of hydrogen-bond donors (Lipinski definition) is 1. The molecule has 0 aliphatic rings. The molecule has 10 heavy (non-hydrogen) atoms. The Kier molecular flexibility index (Phi) is 1.07. The summed E-state index contributed by atoms with van der Waals surface area (Å²) in [6.07, 6.45) is 0. The molecule has 1 heterocycles. The lowest BCUT2D eigenvalue weighted by molar-refractivity contribution is 1.20.